The van der Waals surface area contributed by atoms with E-state index in [0.29, 0.717) is 30.2 Å². The number of alkyl halides is 3. The molecular weight excluding hydrogens is 451 g/mol. The first-order valence-corrected chi connectivity index (χ1v) is 11.2. The number of ether oxygens (including phenoxy) is 2. The fourth-order valence-corrected chi connectivity index (χ4v) is 4.29. The minimum absolute atomic E-state index is 0.140. The Hall–Kier alpha value is -2.84. The summed E-state index contributed by atoms with van der Waals surface area (Å²) < 4.78 is 49.5. The third-order valence-corrected chi connectivity index (χ3v) is 5.95. The van der Waals surface area contributed by atoms with Crippen LogP contribution in [0.1, 0.15) is 35.9 Å². The van der Waals surface area contributed by atoms with Gasteiger partial charge in [0.15, 0.2) is 0 Å². The lowest BCUT2D eigenvalue weighted by Crippen LogP contribution is -2.07. The van der Waals surface area contributed by atoms with Crippen LogP contribution >= 0.6 is 11.8 Å². The Morgan fingerprint density at radius 3 is 2.42 bits per heavy atom. The summed E-state index contributed by atoms with van der Waals surface area (Å²) in [7, 11) is 0. The Balaban J connectivity index is 1.86. The van der Waals surface area contributed by atoms with Crippen molar-refractivity contribution >= 4 is 17.7 Å². The second-order valence-electron chi connectivity index (χ2n) is 7.31. The zero-order valence-electron chi connectivity index (χ0n) is 18.5. The maximum Gasteiger partial charge on any atom is 0.416 e. The Bertz CT molecular complexity index is 1100. The van der Waals surface area contributed by atoms with Gasteiger partial charge in [0.2, 0.25) is 0 Å². The van der Waals surface area contributed by atoms with E-state index in [4.69, 9.17) is 14.5 Å². The first-order valence-electron chi connectivity index (χ1n) is 10.4. The highest BCUT2D eigenvalue weighted by atomic mass is 32.2. The number of rotatable bonds is 8. The van der Waals surface area contributed by atoms with Gasteiger partial charge in [-0.1, -0.05) is 18.2 Å². The number of esters is 1. The summed E-state index contributed by atoms with van der Waals surface area (Å²) >= 11 is 1.56. The molecule has 1 atom stereocenters. The Morgan fingerprint density at radius 1 is 1.09 bits per heavy atom. The number of hydrogen-bond donors (Lipinski definition) is 0. The van der Waals surface area contributed by atoms with Crippen molar-refractivity contribution in [3.05, 3.63) is 77.5 Å². The highest BCUT2D eigenvalue weighted by Gasteiger charge is 2.30. The van der Waals surface area contributed by atoms with Gasteiger partial charge < -0.3 is 9.47 Å². The highest BCUT2D eigenvalue weighted by Crippen LogP contribution is 2.37. The van der Waals surface area contributed by atoms with Crippen LogP contribution in [0.25, 0.3) is 11.3 Å². The van der Waals surface area contributed by atoms with Gasteiger partial charge >= 0.3 is 12.1 Å². The quantitative estimate of drug-likeness (QED) is 0.202. The van der Waals surface area contributed by atoms with Gasteiger partial charge in [0.25, 0.3) is 0 Å². The van der Waals surface area contributed by atoms with Gasteiger partial charge in [-0.3, -0.25) is 9.78 Å². The monoisotopic (exact) mass is 475 g/mol. The van der Waals surface area contributed by atoms with Gasteiger partial charge in [-0.25, -0.2) is 0 Å². The first kappa shape index (κ1) is 24.8. The molecule has 0 radical (unpaired) electrons. The van der Waals surface area contributed by atoms with Crippen molar-refractivity contribution < 1.29 is 27.4 Å². The summed E-state index contributed by atoms with van der Waals surface area (Å²) in [5.74, 6) is 0.132. The second kappa shape index (κ2) is 10.9. The number of aromatic nitrogens is 1. The number of halogens is 3. The molecule has 174 valence electrons. The molecule has 0 aliphatic carbocycles. The summed E-state index contributed by atoms with van der Waals surface area (Å²) in [5, 5.41) is -0.140. The van der Waals surface area contributed by atoms with E-state index in [0.717, 1.165) is 28.3 Å². The third kappa shape index (κ3) is 6.82. The van der Waals surface area contributed by atoms with E-state index >= 15 is 0 Å². The van der Waals surface area contributed by atoms with Crippen molar-refractivity contribution in [2.24, 2.45) is 0 Å². The molecule has 4 nitrogen and oxygen atoms in total. The summed E-state index contributed by atoms with van der Waals surface area (Å²) in [5.41, 5.74) is 2.08. The molecule has 0 bridgehead atoms. The maximum absolute atomic E-state index is 12.9. The number of benzene rings is 2. The molecule has 0 spiro atoms. The fourth-order valence-electron chi connectivity index (χ4n) is 3.16. The molecule has 0 saturated heterocycles. The smallest absolute Gasteiger partial charge is 0.416 e. The molecule has 1 aromatic heterocycles. The van der Waals surface area contributed by atoms with Gasteiger partial charge in [0.05, 0.1) is 28.8 Å². The van der Waals surface area contributed by atoms with Gasteiger partial charge in [-0.15, -0.1) is 11.8 Å². The van der Waals surface area contributed by atoms with Gasteiger partial charge in [0.1, 0.15) is 5.75 Å². The van der Waals surface area contributed by atoms with Crippen LogP contribution in [-0.2, 0) is 15.7 Å². The third-order valence-electron chi connectivity index (χ3n) is 4.76. The van der Waals surface area contributed by atoms with E-state index in [-0.39, 0.29) is 11.2 Å². The van der Waals surface area contributed by atoms with E-state index in [1.165, 1.54) is 19.1 Å². The van der Waals surface area contributed by atoms with E-state index in [1.54, 1.807) is 23.9 Å². The second-order valence-corrected chi connectivity index (χ2v) is 8.59. The SMILES string of the molecule is CCOCC(Sc1ccc(OC(C)=O)c(C)c1)c1cccc(-c2ccc(C(F)(F)F)cc2)n1. The molecule has 0 fully saturated rings. The number of carbonyl (C=O) groups excluding carboxylic acids is 1. The summed E-state index contributed by atoms with van der Waals surface area (Å²) in [6.07, 6.45) is -4.38. The predicted molar refractivity (Wildman–Crippen MR) is 122 cm³/mol. The Labute approximate surface area is 195 Å². The zero-order chi connectivity index (χ0) is 24.0. The van der Waals surface area contributed by atoms with Crippen LogP contribution in [-0.4, -0.2) is 24.2 Å². The molecule has 2 aromatic carbocycles. The number of hydrogen-bond acceptors (Lipinski definition) is 5. The molecular formula is C25H24F3NO3S. The van der Waals surface area contributed by atoms with E-state index in [9.17, 15) is 18.0 Å². The zero-order valence-corrected chi connectivity index (χ0v) is 19.3. The Morgan fingerprint density at radius 2 is 1.82 bits per heavy atom. The van der Waals surface area contributed by atoms with Crippen LogP contribution in [0.15, 0.2) is 65.6 Å². The van der Waals surface area contributed by atoms with Crippen LogP contribution in [0.5, 0.6) is 5.75 Å². The molecule has 33 heavy (non-hydrogen) atoms. The highest BCUT2D eigenvalue weighted by molar-refractivity contribution is 7.99. The lowest BCUT2D eigenvalue weighted by molar-refractivity contribution is -0.137. The number of thioether (sulfide) groups is 1. The first-order chi connectivity index (χ1) is 15.7. The van der Waals surface area contributed by atoms with Crippen LogP contribution in [0.3, 0.4) is 0 Å². The van der Waals surface area contributed by atoms with Crippen molar-refractivity contribution in [3.8, 4) is 17.0 Å². The topological polar surface area (TPSA) is 48.4 Å². The minimum Gasteiger partial charge on any atom is -0.426 e. The molecule has 1 heterocycles. The molecule has 0 amide bonds. The predicted octanol–water partition coefficient (Wildman–Crippen LogP) is 6.87. The minimum atomic E-state index is -4.38. The van der Waals surface area contributed by atoms with Crippen LogP contribution in [0.2, 0.25) is 0 Å². The average molecular weight is 476 g/mol. The standard InChI is InChI=1S/C25H24F3NO3S/c1-4-31-15-24(33-20-12-13-23(16(2)14-20)32-17(3)30)22-7-5-6-21(29-22)18-8-10-19(11-9-18)25(26,27)28/h5-14,24H,4,15H2,1-3H3. The van der Waals surface area contributed by atoms with Crippen molar-refractivity contribution in [1.29, 1.82) is 0 Å². The van der Waals surface area contributed by atoms with Gasteiger partial charge in [-0.2, -0.15) is 13.2 Å². The summed E-state index contributed by atoms with van der Waals surface area (Å²) in [6.45, 7) is 6.08. The lowest BCUT2D eigenvalue weighted by atomic mass is 10.1. The maximum atomic E-state index is 12.9. The molecule has 3 rings (SSSR count). The number of aryl methyl sites for hydroxylation is 1. The van der Waals surface area contributed by atoms with Crippen LogP contribution in [0, 0.1) is 6.92 Å². The molecule has 0 saturated carbocycles. The molecule has 8 heteroatoms. The largest absolute Gasteiger partial charge is 0.426 e. The van der Waals surface area contributed by atoms with Crippen LogP contribution in [0.4, 0.5) is 13.2 Å². The van der Waals surface area contributed by atoms with Crippen LogP contribution < -0.4 is 4.74 Å². The summed E-state index contributed by atoms with van der Waals surface area (Å²) in [4.78, 5) is 16.9. The average Bonchev–Trinajstić information content (AvgIpc) is 2.78. The van der Waals surface area contributed by atoms with E-state index in [2.05, 4.69) is 0 Å². The fraction of sp³-hybridized carbons (Fsp3) is 0.280. The normalized spacial score (nSPS) is 12.4. The molecule has 0 aliphatic rings. The molecule has 0 aliphatic heterocycles. The lowest BCUT2D eigenvalue weighted by Gasteiger charge is -2.18. The summed E-state index contributed by atoms with van der Waals surface area (Å²) in [6, 6.07) is 16.0. The van der Waals surface area contributed by atoms with Crippen molar-refractivity contribution in [1.82, 2.24) is 4.98 Å². The van der Waals surface area contributed by atoms with Crippen molar-refractivity contribution in [2.45, 2.75) is 37.1 Å². The van der Waals surface area contributed by atoms with Crippen molar-refractivity contribution in [3.63, 3.8) is 0 Å². The molecule has 3 aromatic rings. The van der Waals surface area contributed by atoms with Gasteiger partial charge in [0, 0.05) is 24.0 Å². The Kier molecular flexibility index (Phi) is 8.15. The van der Waals surface area contributed by atoms with Gasteiger partial charge in [-0.05, 0) is 61.9 Å². The molecule has 0 N–H and O–H groups in total. The number of carbonyl (C=O) groups is 1. The number of pyridine rings is 1. The van der Waals surface area contributed by atoms with Crippen molar-refractivity contribution in [2.75, 3.05) is 13.2 Å². The molecule has 1 unspecified atom stereocenters. The van der Waals surface area contributed by atoms with E-state index < -0.39 is 11.7 Å². The van der Waals surface area contributed by atoms with E-state index in [1.807, 2.05) is 38.1 Å². The number of nitrogens with zero attached hydrogens (tertiary/aromatic N) is 1.